The number of halogens is 2. The van der Waals surface area contributed by atoms with Crippen LogP contribution in [-0.4, -0.2) is 42.0 Å². The highest BCUT2D eigenvalue weighted by atomic mass is 35.5. The lowest BCUT2D eigenvalue weighted by Gasteiger charge is -2.27. The average molecular weight is 264 g/mol. The molecular formula is C10H15Cl2N3O. The van der Waals surface area contributed by atoms with Crippen LogP contribution in [0.1, 0.15) is 10.4 Å². The SMILES string of the molecule is Cl.Cl.O=C(c1ccncc1)N1CCNCC1. The van der Waals surface area contributed by atoms with Gasteiger partial charge in [0.25, 0.3) is 5.91 Å². The predicted molar refractivity (Wildman–Crippen MR) is 67.5 cm³/mol. The van der Waals surface area contributed by atoms with E-state index in [0.29, 0.717) is 0 Å². The topological polar surface area (TPSA) is 45.2 Å². The molecule has 16 heavy (non-hydrogen) atoms. The van der Waals surface area contributed by atoms with Crippen LogP contribution in [0.25, 0.3) is 0 Å². The summed E-state index contributed by atoms with van der Waals surface area (Å²) in [4.78, 5) is 17.6. The molecule has 1 aromatic rings. The molecule has 90 valence electrons. The van der Waals surface area contributed by atoms with Gasteiger partial charge in [-0.15, -0.1) is 24.8 Å². The molecule has 2 heterocycles. The lowest BCUT2D eigenvalue weighted by atomic mass is 10.2. The first-order chi connectivity index (χ1) is 6.88. The van der Waals surface area contributed by atoms with Gasteiger partial charge in [-0.05, 0) is 12.1 Å². The normalized spacial score (nSPS) is 14.6. The minimum atomic E-state index is 0. The summed E-state index contributed by atoms with van der Waals surface area (Å²) in [5.74, 6) is 0.105. The number of carbonyl (C=O) groups is 1. The third-order valence-electron chi connectivity index (χ3n) is 2.33. The van der Waals surface area contributed by atoms with Crippen molar-refractivity contribution in [2.45, 2.75) is 0 Å². The van der Waals surface area contributed by atoms with Crippen LogP contribution in [0.2, 0.25) is 0 Å². The van der Waals surface area contributed by atoms with Crippen LogP contribution in [0.5, 0.6) is 0 Å². The van der Waals surface area contributed by atoms with Gasteiger partial charge in [0.15, 0.2) is 0 Å². The molecule has 2 rings (SSSR count). The fraction of sp³-hybridized carbons (Fsp3) is 0.400. The Bertz CT molecular complexity index is 315. The van der Waals surface area contributed by atoms with E-state index in [4.69, 9.17) is 0 Å². The van der Waals surface area contributed by atoms with Gasteiger partial charge in [0.05, 0.1) is 0 Å². The Morgan fingerprint density at radius 2 is 1.75 bits per heavy atom. The highest BCUT2D eigenvalue weighted by Crippen LogP contribution is 2.03. The predicted octanol–water partition coefficient (Wildman–Crippen LogP) is 0.971. The van der Waals surface area contributed by atoms with Crippen molar-refractivity contribution in [2.75, 3.05) is 26.2 Å². The van der Waals surface area contributed by atoms with Crippen LogP contribution < -0.4 is 5.32 Å². The van der Waals surface area contributed by atoms with Gasteiger partial charge in [-0.1, -0.05) is 0 Å². The second kappa shape index (κ2) is 7.44. The number of nitrogens with zero attached hydrogens (tertiary/aromatic N) is 2. The molecule has 1 aromatic heterocycles. The number of hydrogen-bond donors (Lipinski definition) is 1. The molecule has 0 aliphatic carbocycles. The second-order valence-corrected chi connectivity index (χ2v) is 3.28. The van der Waals surface area contributed by atoms with Crippen LogP contribution in [0.4, 0.5) is 0 Å². The molecule has 0 aromatic carbocycles. The maximum absolute atomic E-state index is 11.9. The van der Waals surface area contributed by atoms with E-state index >= 15 is 0 Å². The Kier molecular flexibility index (Phi) is 7.05. The van der Waals surface area contributed by atoms with Crippen LogP contribution in [0, 0.1) is 0 Å². The molecule has 1 aliphatic rings. The summed E-state index contributed by atoms with van der Waals surface area (Å²) in [7, 11) is 0. The molecule has 0 spiro atoms. The van der Waals surface area contributed by atoms with E-state index in [1.807, 2.05) is 4.90 Å². The Hall–Kier alpha value is -0.840. The quantitative estimate of drug-likeness (QED) is 0.822. The molecular weight excluding hydrogens is 249 g/mol. The van der Waals surface area contributed by atoms with E-state index in [9.17, 15) is 4.79 Å². The van der Waals surface area contributed by atoms with E-state index in [1.165, 1.54) is 0 Å². The van der Waals surface area contributed by atoms with E-state index < -0.39 is 0 Å². The lowest BCUT2D eigenvalue weighted by molar-refractivity contribution is 0.0735. The number of nitrogens with one attached hydrogen (secondary N) is 1. The smallest absolute Gasteiger partial charge is 0.254 e. The Morgan fingerprint density at radius 1 is 1.19 bits per heavy atom. The van der Waals surface area contributed by atoms with Crippen molar-refractivity contribution in [3.63, 3.8) is 0 Å². The first-order valence-electron chi connectivity index (χ1n) is 4.78. The zero-order chi connectivity index (χ0) is 9.80. The minimum Gasteiger partial charge on any atom is -0.336 e. The number of piperazine rings is 1. The van der Waals surface area contributed by atoms with Gasteiger partial charge >= 0.3 is 0 Å². The summed E-state index contributed by atoms with van der Waals surface area (Å²) in [5, 5.41) is 3.21. The minimum absolute atomic E-state index is 0. The second-order valence-electron chi connectivity index (χ2n) is 3.28. The summed E-state index contributed by atoms with van der Waals surface area (Å²) in [5.41, 5.74) is 0.724. The summed E-state index contributed by atoms with van der Waals surface area (Å²) in [6.07, 6.45) is 3.30. The molecule has 4 nitrogen and oxygen atoms in total. The summed E-state index contributed by atoms with van der Waals surface area (Å²) in [6.45, 7) is 3.36. The third kappa shape index (κ3) is 3.63. The number of pyridine rings is 1. The van der Waals surface area contributed by atoms with Crippen molar-refractivity contribution in [3.8, 4) is 0 Å². The summed E-state index contributed by atoms with van der Waals surface area (Å²) >= 11 is 0. The number of aromatic nitrogens is 1. The van der Waals surface area contributed by atoms with Crippen molar-refractivity contribution in [3.05, 3.63) is 30.1 Å². The third-order valence-corrected chi connectivity index (χ3v) is 2.33. The molecule has 1 aliphatic heterocycles. The van der Waals surface area contributed by atoms with Crippen LogP contribution in [0.15, 0.2) is 24.5 Å². The first-order valence-corrected chi connectivity index (χ1v) is 4.78. The van der Waals surface area contributed by atoms with Crippen molar-refractivity contribution < 1.29 is 4.79 Å². The Balaban J connectivity index is 0.00000112. The Labute approximate surface area is 107 Å². The molecule has 0 atom stereocenters. The van der Waals surface area contributed by atoms with E-state index in [1.54, 1.807) is 24.5 Å². The summed E-state index contributed by atoms with van der Waals surface area (Å²) < 4.78 is 0. The molecule has 0 unspecified atom stereocenters. The van der Waals surface area contributed by atoms with Gasteiger partial charge in [-0.25, -0.2) is 0 Å². The molecule has 1 fully saturated rings. The first kappa shape index (κ1) is 15.2. The standard InChI is InChI=1S/C10H13N3O.2ClH/c14-10(9-1-3-11-4-2-9)13-7-5-12-6-8-13;;/h1-4,12H,5-8H2;2*1H. The largest absolute Gasteiger partial charge is 0.336 e. The van der Waals surface area contributed by atoms with Gasteiger partial charge in [0.2, 0.25) is 0 Å². The average Bonchev–Trinajstić information content (AvgIpc) is 2.30. The summed E-state index contributed by atoms with van der Waals surface area (Å²) in [6, 6.07) is 3.51. The van der Waals surface area contributed by atoms with Crippen molar-refractivity contribution in [1.29, 1.82) is 0 Å². The Morgan fingerprint density at radius 3 is 2.31 bits per heavy atom. The van der Waals surface area contributed by atoms with Crippen LogP contribution in [0.3, 0.4) is 0 Å². The number of hydrogen-bond acceptors (Lipinski definition) is 3. The zero-order valence-electron chi connectivity index (χ0n) is 8.76. The van der Waals surface area contributed by atoms with Gasteiger partial charge in [0.1, 0.15) is 0 Å². The number of carbonyl (C=O) groups excluding carboxylic acids is 1. The lowest BCUT2D eigenvalue weighted by Crippen LogP contribution is -2.46. The van der Waals surface area contributed by atoms with E-state index in [-0.39, 0.29) is 30.7 Å². The molecule has 0 radical (unpaired) electrons. The van der Waals surface area contributed by atoms with Crippen LogP contribution >= 0.6 is 24.8 Å². The number of amides is 1. The molecule has 1 N–H and O–H groups in total. The zero-order valence-corrected chi connectivity index (χ0v) is 10.4. The molecule has 0 saturated carbocycles. The fourth-order valence-electron chi connectivity index (χ4n) is 1.54. The monoisotopic (exact) mass is 263 g/mol. The molecule has 6 heteroatoms. The molecule has 1 saturated heterocycles. The van der Waals surface area contributed by atoms with Crippen molar-refractivity contribution >= 4 is 30.7 Å². The van der Waals surface area contributed by atoms with E-state index in [2.05, 4.69) is 10.3 Å². The number of rotatable bonds is 1. The van der Waals surface area contributed by atoms with Gasteiger partial charge < -0.3 is 10.2 Å². The van der Waals surface area contributed by atoms with Gasteiger partial charge in [-0.3, -0.25) is 9.78 Å². The highest BCUT2D eigenvalue weighted by Gasteiger charge is 2.16. The van der Waals surface area contributed by atoms with Gasteiger partial charge in [-0.2, -0.15) is 0 Å². The van der Waals surface area contributed by atoms with Crippen molar-refractivity contribution in [1.82, 2.24) is 15.2 Å². The molecule has 1 amide bonds. The maximum atomic E-state index is 11.9. The maximum Gasteiger partial charge on any atom is 0.254 e. The fourth-order valence-corrected chi connectivity index (χ4v) is 1.54. The van der Waals surface area contributed by atoms with Crippen molar-refractivity contribution in [2.24, 2.45) is 0 Å². The van der Waals surface area contributed by atoms with E-state index in [0.717, 1.165) is 31.7 Å². The van der Waals surface area contributed by atoms with Gasteiger partial charge in [0, 0.05) is 44.1 Å². The van der Waals surface area contributed by atoms with Crippen LogP contribution in [-0.2, 0) is 0 Å². The molecule has 0 bridgehead atoms. The highest BCUT2D eigenvalue weighted by molar-refractivity contribution is 5.94.